The van der Waals surface area contributed by atoms with Crippen molar-refractivity contribution in [1.82, 2.24) is 10.2 Å². The van der Waals surface area contributed by atoms with E-state index in [2.05, 4.69) is 14.9 Å². The summed E-state index contributed by atoms with van der Waals surface area (Å²) in [5.41, 5.74) is 1.18. The number of benzene rings is 1. The van der Waals surface area contributed by atoms with Crippen LogP contribution in [-0.4, -0.2) is 29.7 Å². The number of anilines is 1. The Bertz CT molecular complexity index is 780. The van der Waals surface area contributed by atoms with Gasteiger partial charge in [-0.3, -0.25) is 9.82 Å². The number of carboxylic acids is 1. The fraction of sp³-hybridized carbons (Fsp3) is 0.231. The maximum atomic E-state index is 12.3. The molecule has 0 aliphatic rings. The Morgan fingerprint density at radius 3 is 2.76 bits per heavy atom. The van der Waals surface area contributed by atoms with Crippen molar-refractivity contribution >= 4 is 21.8 Å². The van der Waals surface area contributed by atoms with Crippen LogP contribution in [0.4, 0.5) is 5.82 Å². The number of H-pyrrole nitrogens is 1. The molecular weight excluding hydrogens is 294 g/mol. The van der Waals surface area contributed by atoms with E-state index >= 15 is 0 Å². The Labute approximate surface area is 122 Å². The fourth-order valence-electron chi connectivity index (χ4n) is 1.86. The third-order valence-electron chi connectivity index (χ3n) is 3.08. The van der Waals surface area contributed by atoms with Crippen LogP contribution in [0.3, 0.4) is 0 Å². The van der Waals surface area contributed by atoms with Gasteiger partial charge in [0.05, 0.1) is 16.7 Å². The molecule has 0 radical (unpaired) electrons. The molecule has 2 aromatic rings. The molecule has 21 heavy (non-hydrogen) atoms. The molecular formula is C13H15N3O4S. The summed E-state index contributed by atoms with van der Waals surface area (Å²) in [5, 5.41) is 15.4. The van der Waals surface area contributed by atoms with Crippen molar-refractivity contribution in [1.29, 1.82) is 0 Å². The minimum Gasteiger partial charge on any atom is -0.478 e. The van der Waals surface area contributed by atoms with Gasteiger partial charge in [-0.15, -0.1) is 0 Å². The van der Waals surface area contributed by atoms with E-state index in [1.165, 1.54) is 18.3 Å². The summed E-state index contributed by atoms with van der Waals surface area (Å²) in [6.07, 6.45) is 2.15. The van der Waals surface area contributed by atoms with Gasteiger partial charge in [0.25, 0.3) is 10.0 Å². The molecule has 0 bridgehead atoms. The number of hydrogen-bond acceptors (Lipinski definition) is 4. The van der Waals surface area contributed by atoms with Crippen LogP contribution in [0.15, 0.2) is 29.3 Å². The van der Waals surface area contributed by atoms with Crippen LogP contribution >= 0.6 is 0 Å². The lowest BCUT2D eigenvalue weighted by Crippen LogP contribution is -2.15. The summed E-state index contributed by atoms with van der Waals surface area (Å²) in [7, 11) is -3.87. The van der Waals surface area contributed by atoms with Gasteiger partial charge >= 0.3 is 5.97 Å². The molecule has 0 atom stereocenters. The van der Waals surface area contributed by atoms with Gasteiger partial charge in [0.2, 0.25) is 0 Å². The maximum absolute atomic E-state index is 12.3. The summed E-state index contributed by atoms with van der Waals surface area (Å²) in [6.45, 7) is 3.48. The molecule has 8 heteroatoms. The second kappa shape index (κ2) is 5.57. The first-order valence-electron chi connectivity index (χ1n) is 6.24. The molecule has 1 aromatic heterocycles. The summed E-state index contributed by atoms with van der Waals surface area (Å²) in [6, 6.07) is 3.97. The number of carbonyl (C=O) groups is 1. The van der Waals surface area contributed by atoms with E-state index in [1.807, 2.05) is 6.92 Å². The second-order valence-corrected chi connectivity index (χ2v) is 6.19. The lowest BCUT2D eigenvalue weighted by atomic mass is 10.1. The topological polar surface area (TPSA) is 112 Å². The van der Waals surface area contributed by atoms with E-state index in [9.17, 15) is 13.2 Å². The zero-order valence-corrected chi connectivity index (χ0v) is 12.4. The molecule has 1 heterocycles. The summed E-state index contributed by atoms with van der Waals surface area (Å²) < 4.78 is 27.0. The fourth-order valence-corrected chi connectivity index (χ4v) is 2.94. The molecule has 0 amide bonds. The molecule has 0 spiro atoms. The van der Waals surface area contributed by atoms with Crippen LogP contribution in [-0.2, 0) is 16.4 Å². The van der Waals surface area contributed by atoms with Crippen molar-refractivity contribution in [3.05, 3.63) is 41.1 Å². The normalized spacial score (nSPS) is 11.3. The number of aromatic nitrogens is 2. The van der Waals surface area contributed by atoms with Crippen LogP contribution in [0.5, 0.6) is 0 Å². The Balaban J connectivity index is 2.40. The summed E-state index contributed by atoms with van der Waals surface area (Å²) >= 11 is 0. The van der Waals surface area contributed by atoms with Gasteiger partial charge in [-0.05, 0) is 31.0 Å². The van der Waals surface area contributed by atoms with Crippen molar-refractivity contribution in [3.8, 4) is 0 Å². The van der Waals surface area contributed by atoms with Gasteiger partial charge in [-0.2, -0.15) is 5.10 Å². The van der Waals surface area contributed by atoms with Crippen LogP contribution in [0.2, 0.25) is 0 Å². The highest BCUT2D eigenvalue weighted by Gasteiger charge is 2.19. The van der Waals surface area contributed by atoms with Gasteiger partial charge in [0.15, 0.2) is 0 Å². The molecule has 1 aromatic carbocycles. The molecule has 2 rings (SSSR count). The van der Waals surface area contributed by atoms with Gasteiger partial charge in [-0.1, -0.05) is 13.0 Å². The minimum absolute atomic E-state index is 0.0433. The molecule has 7 nitrogen and oxygen atoms in total. The number of hydrogen-bond donors (Lipinski definition) is 3. The SMILES string of the molecule is CCc1cn[nH]c1NS(=O)(=O)c1ccc(C)c(C(=O)O)c1. The molecule has 0 saturated heterocycles. The summed E-state index contributed by atoms with van der Waals surface area (Å²) in [5.74, 6) is -0.879. The lowest BCUT2D eigenvalue weighted by molar-refractivity contribution is 0.0696. The van der Waals surface area contributed by atoms with Crippen LogP contribution in [0, 0.1) is 6.92 Å². The van der Waals surface area contributed by atoms with Crippen molar-refractivity contribution in [2.45, 2.75) is 25.2 Å². The number of aromatic carboxylic acids is 1. The Kier molecular flexibility index (Phi) is 3.99. The van der Waals surface area contributed by atoms with E-state index in [-0.39, 0.29) is 16.3 Å². The number of sulfonamides is 1. The number of nitrogens with one attached hydrogen (secondary N) is 2. The Hall–Kier alpha value is -2.35. The van der Waals surface area contributed by atoms with E-state index in [0.717, 1.165) is 11.6 Å². The molecule has 0 aliphatic carbocycles. The summed E-state index contributed by atoms with van der Waals surface area (Å²) in [4.78, 5) is 11.0. The first-order valence-corrected chi connectivity index (χ1v) is 7.72. The van der Waals surface area contributed by atoms with Crippen LogP contribution in [0.1, 0.15) is 28.4 Å². The van der Waals surface area contributed by atoms with Crippen molar-refractivity contribution in [2.24, 2.45) is 0 Å². The van der Waals surface area contributed by atoms with E-state index < -0.39 is 16.0 Å². The predicted molar refractivity (Wildman–Crippen MR) is 76.9 cm³/mol. The van der Waals surface area contributed by atoms with E-state index in [4.69, 9.17) is 5.11 Å². The number of aromatic amines is 1. The number of rotatable bonds is 5. The molecule has 0 fully saturated rings. The molecule has 0 saturated carbocycles. The average Bonchev–Trinajstić information content (AvgIpc) is 2.85. The molecule has 0 unspecified atom stereocenters. The Morgan fingerprint density at radius 1 is 1.43 bits per heavy atom. The predicted octanol–water partition coefficient (Wildman–Crippen LogP) is 1.78. The van der Waals surface area contributed by atoms with Gasteiger partial charge in [0.1, 0.15) is 5.82 Å². The molecule has 112 valence electrons. The molecule has 3 N–H and O–H groups in total. The highest BCUT2D eigenvalue weighted by Crippen LogP contribution is 2.20. The van der Waals surface area contributed by atoms with Crippen molar-refractivity contribution in [2.75, 3.05) is 4.72 Å². The average molecular weight is 309 g/mol. The van der Waals surface area contributed by atoms with Crippen molar-refractivity contribution in [3.63, 3.8) is 0 Å². The minimum atomic E-state index is -3.87. The zero-order valence-electron chi connectivity index (χ0n) is 11.5. The van der Waals surface area contributed by atoms with Gasteiger partial charge < -0.3 is 5.11 Å². The van der Waals surface area contributed by atoms with E-state index in [0.29, 0.717) is 12.0 Å². The van der Waals surface area contributed by atoms with Crippen molar-refractivity contribution < 1.29 is 18.3 Å². The Morgan fingerprint density at radius 2 is 2.14 bits per heavy atom. The van der Waals surface area contributed by atoms with Crippen LogP contribution in [0.25, 0.3) is 0 Å². The number of nitrogens with zero attached hydrogens (tertiary/aromatic N) is 1. The highest BCUT2D eigenvalue weighted by atomic mass is 32.2. The monoisotopic (exact) mass is 309 g/mol. The number of aryl methyl sites for hydroxylation is 2. The molecule has 0 aliphatic heterocycles. The lowest BCUT2D eigenvalue weighted by Gasteiger charge is -2.09. The van der Waals surface area contributed by atoms with Crippen LogP contribution < -0.4 is 4.72 Å². The van der Waals surface area contributed by atoms with Gasteiger partial charge in [0, 0.05) is 5.56 Å². The quantitative estimate of drug-likeness (QED) is 0.779. The third-order valence-corrected chi connectivity index (χ3v) is 4.43. The third kappa shape index (κ3) is 3.05. The number of carboxylic acid groups (broad SMARTS) is 1. The van der Waals surface area contributed by atoms with E-state index in [1.54, 1.807) is 6.92 Å². The largest absolute Gasteiger partial charge is 0.478 e. The first kappa shape index (κ1) is 15.0. The van der Waals surface area contributed by atoms with Gasteiger partial charge in [-0.25, -0.2) is 13.2 Å². The standard InChI is InChI=1S/C13H15N3O4S/c1-3-9-7-14-15-12(9)16-21(19,20)10-5-4-8(2)11(6-10)13(17)18/h4-7H,3H2,1-2H3,(H,17,18)(H2,14,15,16). The zero-order chi connectivity index (χ0) is 15.6. The second-order valence-electron chi connectivity index (χ2n) is 4.51. The highest BCUT2D eigenvalue weighted by molar-refractivity contribution is 7.92. The smallest absolute Gasteiger partial charge is 0.335 e. The maximum Gasteiger partial charge on any atom is 0.335 e. The first-order chi connectivity index (χ1) is 9.85.